The minimum absolute atomic E-state index is 0.0486. The number of anilines is 1. The Hall–Kier alpha value is -2.70. The van der Waals surface area contributed by atoms with Crippen molar-refractivity contribution in [3.63, 3.8) is 0 Å². The first-order chi connectivity index (χ1) is 11.1. The monoisotopic (exact) mass is 313 g/mol. The van der Waals surface area contributed by atoms with Crippen molar-refractivity contribution in [1.29, 1.82) is 0 Å². The van der Waals surface area contributed by atoms with Crippen molar-refractivity contribution in [3.05, 3.63) is 41.9 Å². The van der Waals surface area contributed by atoms with Gasteiger partial charge in [0.25, 0.3) is 0 Å². The van der Waals surface area contributed by atoms with Crippen LogP contribution < -0.4 is 5.32 Å². The van der Waals surface area contributed by atoms with Crippen LogP contribution in [-0.2, 0) is 22.7 Å². The fraction of sp³-hybridized carbons (Fsp3) is 0.375. The highest BCUT2D eigenvalue weighted by Crippen LogP contribution is 2.27. The number of amides is 2. The van der Waals surface area contributed by atoms with E-state index in [4.69, 9.17) is 0 Å². The minimum Gasteiger partial charge on any atom is -0.337 e. The number of fused-ring (bicyclic) bond motifs is 1. The van der Waals surface area contributed by atoms with E-state index in [1.54, 1.807) is 21.8 Å². The van der Waals surface area contributed by atoms with E-state index in [1.165, 1.54) is 6.92 Å². The smallest absolute Gasteiger partial charge is 0.236 e. The van der Waals surface area contributed by atoms with Gasteiger partial charge < -0.3 is 10.2 Å². The van der Waals surface area contributed by atoms with Crippen molar-refractivity contribution in [1.82, 2.24) is 19.7 Å². The predicted molar refractivity (Wildman–Crippen MR) is 84.6 cm³/mol. The highest BCUT2D eigenvalue weighted by molar-refractivity contribution is 5.95. The molecule has 23 heavy (non-hydrogen) atoms. The summed E-state index contributed by atoms with van der Waals surface area (Å²) in [6, 6.07) is 5.48. The molecule has 2 aromatic rings. The SMILES string of the molecule is CCn1ccc(NC(=O)C2CN(C(C)=O)Cc3cccnc32)n1. The molecule has 0 spiro atoms. The summed E-state index contributed by atoms with van der Waals surface area (Å²) >= 11 is 0. The van der Waals surface area contributed by atoms with Gasteiger partial charge in [-0.25, -0.2) is 0 Å². The van der Waals surface area contributed by atoms with Crippen molar-refractivity contribution < 1.29 is 9.59 Å². The van der Waals surface area contributed by atoms with Crippen molar-refractivity contribution in [2.75, 3.05) is 11.9 Å². The molecular formula is C16H19N5O2. The fourth-order valence-electron chi connectivity index (χ4n) is 2.74. The third kappa shape index (κ3) is 3.08. The molecule has 2 aromatic heterocycles. The molecule has 1 aliphatic rings. The van der Waals surface area contributed by atoms with Gasteiger partial charge in [-0.3, -0.25) is 19.3 Å². The van der Waals surface area contributed by atoms with Gasteiger partial charge in [-0.15, -0.1) is 0 Å². The molecule has 0 radical (unpaired) electrons. The molecule has 0 fully saturated rings. The van der Waals surface area contributed by atoms with E-state index < -0.39 is 5.92 Å². The molecular weight excluding hydrogens is 294 g/mol. The predicted octanol–water partition coefficient (Wildman–Crippen LogP) is 1.38. The summed E-state index contributed by atoms with van der Waals surface area (Å²) in [5.74, 6) is -0.227. The number of aryl methyl sites for hydroxylation is 1. The molecule has 7 nitrogen and oxygen atoms in total. The molecule has 1 N–H and O–H groups in total. The number of nitrogens with one attached hydrogen (secondary N) is 1. The molecule has 3 rings (SSSR count). The van der Waals surface area contributed by atoms with Gasteiger partial charge >= 0.3 is 0 Å². The van der Waals surface area contributed by atoms with E-state index in [2.05, 4.69) is 15.4 Å². The van der Waals surface area contributed by atoms with Crippen LogP contribution in [0, 0.1) is 0 Å². The molecule has 0 saturated heterocycles. The number of hydrogen-bond donors (Lipinski definition) is 1. The summed E-state index contributed by atoms with van der Waals surface area (Å²) in [6.07, 6.45) is 3.49. The summed E-state index contributed by atoms with van der Waals surface area (Å²) in [7, 11) is 0. The molecule has 0 aliphatic carbocycles. The van der Waals surface area contributed by atoms with Crippen molar-refractivity contribution in [3.8, 4) is 0 Å². The molecule has 0 aromatic carbocycles. The van der Waals surface area contributed by atoms with Crippen LogP contribution in [0.3, 0.4) is 0 Å². The molecule has 1 unspecified atom stereocenters. The first-order valence-electron chi connectivity index (χ1n) is 7.62. The number of carbonyl (C=O) groups excluding carboxylic acids is 2. The molecule has 0 bridgehead atoms. The number of aromatic nitrogens is 3. The zero-order valence-corrected chi connectivity index (χ0v) is 13.2. The van der Waals surface area contributed by atoms with Gasteiger partial charge in [0, 0.05) is 45.0 Å². The Kier molecular flexibility index (Phi) is 4.10. The normalized spacial score (nSPS) is 16.8. The Morgan fingerprint density at radius 3 is 2.91 bits per heavy atom. The van der Waals surface area contributed by atoms with E-state index in [-0.39, 0.29) is 11.8 Å². The molecule has 7 heteroatoms. The third-order valence-electron chi connectivity index (χ3n) is 4.00. The lowest BCUT2D eigenvalue weighted by atomic mass is 9.94. The summed E-state index contributed by atoms with van der Waals surface area (Å²) in [5.41, 5.74) is 1.64. The molecule has 0 saturated carbocycles. The largest absolute Gasteiger partial charge is 0.337 e. The minimum atomic E-state index is -0.490. The van der Waals surface area contributed by atoms with E-state index >= 15 is 0 Å². The molecule has 1 aliphatic heterocycles. The quantitative estimate of drug-likeness (QED) is 0.928. The first-order valence-corrected chi connectivity index (χ1v) is 7.62. The Morgan fingerprint density at radius 1 is 1.39 bits per heavy atom. The fourth-order valence-corrected chi connectivity index (χ4v) is 2.74. The second-order valence-corrected chi connectivity index (χ2v) is 5.55. The molecule has 120 valence electrons. The van der Waals surface area contributed by atoms with Gasteiger partial charge in [-0.05, 0) is 18.6 Å². The van der Waals surface area contributed by atoms with Gasteiger partial charge in [0.1, 0.15) is 0 Å². The molecule has 1 atom stereocenters. The maximum atomic E-state index is 12.7. The molecule has 3 heterocycles. The lowest BCUT2D eigenvalue weighted by Crippen LogP contribution is -2.41. The van der Waals surface area contributed by atoms with E-state index in [9.17, 15) is 9.59 Å². The lowest BCUT2D eigenvalue weighted by molar-refractivity contribution is -0.131. The maximum absolute atomic E-state index is 12.7. The van der Waals surface area contributed by atoms with Crippen LogP contribution in [0.4, 0.5) is 5.82 Å². The third-order valence-corrected chi connectivity index (χ3v) is 4.00. The van der Waals surface area contributed by atoms with Gasteiger partial charge in [-0.2, -0.15) is 5.10 Å². The highest BCUT2D eigenvalue weighted by Gasteiger charge is 2.33. The van der Waals surface area contributed by atoms with Gasteiger partial charge in [0.2, 0.25) is 11.8 Å². The van der Waals surface area contributed by atoms with E-state index in [0.29, 0.717) is 18.9 Å². The van der Waals surface area contributed by atoms with Crippen LogP contribution >= 0.6 is 0 Å². The van der Waals surface area contributed by atoms with Crippen LogP contribution in [0.1, 0.15) is 31.0 Å². The molecule has 2 amide bonds. The first kappa shape index (κ1) is 15.2. The number of hydrogen-bond acceptors (Lipinski definition) is 4. The number of carbonyl (C=O) groups is 2. The van der Waals surface area contributed by atoms with E-state index in [0.717, 1.165) is 17.8 Å². The maximum Gasteiger partial charge on any atom is 0.236 e. The van der Waals surface area contributed by atoms with Crippen molar-refractivity contribution in [2.45, 2.75) is 32.9 Å². The standard InChI is InChI=1S/C16H19N5O2/c1-3-21-8-6-14(19-21)18-16(23)13-10-20(11(2)22)9-12-5-4-7-17-15(12)13/h4-8,13H,3,9-10H2,1-2H3,(H,18,19,23). The van der Waals surface area contributed by atoms with Gasteiger partial charge in [-0.1, -0.05) is 6.07 Å². The van der Waals surface area contributed by atoms with Crippen molar-refractivity contribution in [2.24, 2.45) is 0 Å². The second-order valence-electron chi connectivity index (χ2n) is 5.55. The number of pyridine rings is 1. The Bertz CT molecular complexity index is 740. The number of nitrogens with zero attached hydrogens (tertiary/aromatic N) is 4. The summed E-state index contributed by atoms with van der Waals surface area (Å²) in [5, 5.41) is 7.08. The zero-order chi connectivity index (χ0) is 16.4. The van der Waals surface area contributed by atoms with Crippen LogP contribution in [0.5, 0.6) is 0 Å². The van der Waals surface area contributed by atoms with Crippen molar-refractivity contribution >= 4 is 17.6 Å². The van der Waals surface area contributed by atoms with Crippen LogP contribution in [0.15, 0.2) is 30.6 Å². The topological polar surface area (TPSA) is 80.1 Å². The lowest BCUT2D eigenvalue weighted by Gasteiger charge is -2.32. The van der Waals surface area contributed by atoms with Crippen LogP contribution in [-0.4, -0.2) is 38.0 Å². The summed E-state index contributed by atoms with van der Waals surface area (Å²) in [4.78, 5) is 30.4. The Balaban J connectivity index is 1.84. The van der Waals surface area contributed by atoms with Crippen LogP contribution in [0.25, 0.3) is 0 Å². The Morgan fingerprint density at radius 2 is 2.22 bits per heavy atom. The summed E-state index contributed by atoms with van der Waals surface area (Å²) in [6.45, 7) is 5.05. The second kappa shape index (κ2) is 6.20. The average Bonchev–Trinajstić information content (AvgIpc) is 3.01. The summed E-state index contributed by atoms with van der Waals surface area (Å²) < 4.78 is 1.74. The van der Waals surface area contributed by atoms with Gasteiger partial charge in [0.15, 0.2) is 5.82 Å². The average molecular weight is 313 g/mol. The Labute approximate surface area is 134 Å². The van der Waals surface area contributed by atoms with E-state index in [1.807, 2.05) is 25.3 Å². The number of rotatable bonds is 3. The van der Waals surface area contributed by atoms with Gasteiger partial charge in [0.05, 0.1) is 11.6 Å². The van der Waals surface area contributed by atoms with Crippen LogP contribution in [0.2, 0.25) is 0 Å². The zero-order valence-electron chi connectivity index (χ0n) is 13.2. The highest BCUT2D eigenvalue weighted by atomic mass is 16.2.